The summed E-state index contributed by atoms with van der Waals surface area (Å²) in [5, 5.41) is 2.62. The number of hydrogen-bond acceptors (Lipinski definition) is 4. The molecular weight excluding hydrogens is 349 g/mol. The van der Waals surface area contributed by atoms with E-state index >= 15 is 0 Å². The molecule has 2 amide bonds. The van der Waals surface area contributed by atoms with Crippen LogP contribution in [0.2, 0.25) is 0 Å². The lowest BCUT2D eigenvalue weighted by molar-refractivity contribution is 0.0950. The topological polar surface area (TPSA) is 98.2 Å². The van der Waals surface area contributed by atoms with Crippen LogP contribution in [0.3, 0.4) is 0 Å². The van der Waals surface area contributed by atoms with Crippen molar-refractivity contribution >= 4 is 11.8 Å². The number of rotatable bonds is 6. The zero-order valence-electron chi connectivity index (χ0n) is 14.7. The molecule has 0 aliphatic rings. The van der Waals surface area contributed by atoms with Crippen molar-refractivity contribution in [3.05, 3.63) is 76.9 Å². The number of amides is 2. The predicted molar refractivity (Wildman–Crippen MR) is 97.6 cm³/mol. The maximum absolute atomic E-state index is 14.2. The van der Waals surface area contributed by atoms with E-state index in [9.17, 15) is 14.0 Å². The normalized spacial score (nSPS) is 10.6. The van der Waals surface area contributed by atoms with Crippen LogP contribution in [0, 0.1) is 12.7 Å². The highest BCUT2D eigenvalue weighted by Gasteiger charge is 2.18. The largest absolute Gasteiger partial charge is 0.441 e. The van der Waals surface area contributed by atoms with Crippen LogP contribution in [-0.4, -0.2) is 23.3 Å². The van der Waals surface area contributed by atoms with Crippen LogP contribution >= 0.6 is 0 Å². The summed E-state index contributed by atoms with van der Waals surface area (Å²) in [6.45, 7) is 2.03. The molecule has 0 spiro atoms. The van der Waals surface area contributed by atoms with Crippen molar-refractivity contribution in [2.24, 2.45) is 5.73 Å². The maximum Gasteiger partial charge on any atom is 0.254 e. The zero-order chi connectivity index (χ0) is 19.4. The van der Waals surface area contributed by atoms with Gasteiger partial charge in [0.2, 0.25) is 5.89 Å². The lowest BCUT2D eigenvalue weighted by Crippen LogP contribution is -2.27. The number of oxazole rings is 1. The Hall–Kier alpha value is -3.48. The lowest BCUT2D eigenvalue weighted by atomic mass is 10.1. The second-order valence-electron chi connectivity index (χ2n) is 5.93. The van der Waals surface area contributed by atoms with Crippen molar-refractivity contribution < 1.29 is 18.4 Å². The molecule has 3 aromatic rings. The number of carbonyl (C=O) groups is 2. The SMILES string of the molecule is Cc1oc(-c2ccccc2)nc1CCNC(=O)c1cccc(C(N)=O)c1F. The molecule has 0 radical (unpaired) electrons. The van der Waals surface area contributed by atoms with E-state index < -0.39 is 17.6 Å². The highest BCUT2D eigenvalue weighted by atomic mass is 19.1. The fourth-order valence-electron chi connectivity index (χ4n) is 2.65. The molecule has 0 bridgehead atoms. The number of benzene rings is 2. The molecule has 0 saturated heterocycles. The number of halogens is 1. The van der Waals surface area contributed by atoms with Gasteiger partial charge in [-0.2, -0.15) is 0 Å². The van der Waals surface area contributed by atoms with Gasteiger partial charge in [0.05, 0.1) is 16.8 Å². The Morgan fingerprint density at radius 3 is 2.52 bits per heavy atom. The summed E-state index contributed by atoms with van der Waals surface area (Å²) in [4.78, 5) is 27.8. The van der Waals surface area contributed by atoms with Crippen LogP contribution in [-0.2, 0) is 6.42 Å². The second-order valence-corrected chi connectivity index (χ2v) is 5.93. The van der Waals surface area contributed by atoms with Crippen molar-refractivity contribution in [3.63, 3.8) is 0 Å². The Labute approximate surface area is 155 Å². The molecule has 0 saturated carbocycles. The molecule has 0 unspecified atom stereocenters. The summed E-state index contributed by atoms with van der Waals surface area (Å²) in [5.41, 5.74) is 6.12. The summed E-state index contributed by atoms with van der Waals surface area (Å²) < 4.78 is 19.9. The Morgan fingerprint density at radius 2 is 1.81 bits per heavy atom. The Balaban J connectivity index is 1.65. The zero-order valence-corrected chi connectivity index (χ0v) is 14.7. The number of aromatic nitrogens is 1. The quantitative estimate of drug-likeness (QED) is 0.700. The van der Waals surface area contributed by atoms with Gasteiger partial charge in [-0.15, -0.1) is 0 Å². The Morgan fingerprint density at radius 1 is 1.11 bits per heavy atom. The lowest BCUT2D eigenvalue weighted by Gasteiger charge is -2.07. The van der Waals surface area contributed by atoms with E-state index in [4.69, 9.17) is 10.2 Å². The number of primary amides is 1. The predicted octanol–water partition coefficient (Wildman–Crippen LogP) is 2.86. The van der Waals surface area contributed by atoms with Crippen molar-refractivity contribution in [3.8, 4) is 11.5 Å². The molecule has 0 aliphatic heterocycles. The van der Waals surface area contributed by atoms with E-state index in [2.05, 4.69) is 10.3 Å². The molecule has 7 heteroatoms. The van der Waals surface area contributed by atoms with Crippen LogP contribution in [0.15, 0.2) is 52.9 Å². The van der Waals surface area contributed by atoms with Gasteiger partial charge in [-0.3, -0.25) is 9.59 Å². The van der Waals surface area contributed by atoms with E-state index in [1.807, 2.05) is 30.3 Å². The third-order valence-corrected chi connectivity index (χ3v) is 4.07. The van der Waals surface area contributed by atoms with E-state index in [0.717, 1.165) is 5.56 Å². The smallest absolute Gasteiger partial charge is 0.254 e. The molecule has 0 atom stereocenters. The van der Waals surface area contributed by atoms with Crippen molar-refractivity contribution in [2.45, 2.75) is 13.3 Å². The summed E-state index contributed by atoms with van der Waals surface area (Å²) in [6, 6.07) is 13.4. The average Bonchev–Trinajstić information content (AvgIpc) is 3.03. The van der Waals surface area contributed by atoms with E-state index in [-0.39, 0.29) is 17.7 Å². The number of carbonyl (C=O) groups excluding carboxylic acids is 2. The van der Waals surface area contributed by atoms with Gasteiger partial charge >= 0.3 is 0 Å². The van der Waals surface area contributed by atoms with Crippen LogP contribution in [0.25, 0.3) is 11.5 Å². The highest BCUT2D eigenvalue weighted by molar-refractivity contribution is 5.99. The van der Waals surface area contributed by atoms with Gasteiger partial charge in [-0.05, 0) is 31.2 Å². The van der Waals surface area contributed by atoms with Gasteiger partial charge in [0.15, 0.2) is 0 Å². The monoisotopic (exact) mass is 367 g/mol. The minimum absolute atomic E-state index is 0.229. The molecule has 3 N–H and O–H groups in total. The summed E-state index contributed by atoms with van der Waals surface area (Å²) >= 11 is 0. The second kappa shape index (κ2) is 7.82. The van der Waals surface area contributed by atoms with Crippen molar-refractivity contribution in [2.75, 3.05) is 6.54 Å². The first kappa shape index (κ1) is 18.3. The first-order valence-corrected chi connectivity index (χ1v) is 8.35. The summed E-state index contributed by atoms with van der Waals surface area (Å²) in [5.74, 6) is -1.31. The van der Waals surface area contributed by atoms with Crippen LogP contribution < -0.4 is 11.1 Å². The van der Waals surface area contributed by atoms with E-state index in [0.29, 0.717) is 23.8 Å². The van der Waals surface area contributed by atoms with Gasteiger partial charge in [0, 0.05) is 18.5 Å². The fraction of sp³-hybridized carbons (Fsp3) is 0.150. The van der Waals surface area contributed by atoms with Gasteiger partial charge in [-0.25, -0.2) is 9.37 Å². The van der Waals surface area contributed by atoms with Gasteiger partial charge < -0.3 is 15.5 Å². The van der Waals surface area contributed by atoms with Crippen LogP contribution in [0.5, 0.6) is 0 Å². The minimum atomic E-state index is -0.925. The number of nitrogens with two attached hydrogens (primary N) is 1. The third-order valence-electron chi connectivity index (χ3n) is 4.07. The van der Waals surface area contributed by atoms with Crippen LogP contribution in [0.4, 0.5) is 4.39 Å². The molecule has 6 nitrogen and oxygen atoms in total. The van der Waals surface area contributed by atoms with Crippen molar-refractivity contribution in [1.82, 2.24) is 10.3 Å². The van der Waals surface area contributed by atoms with E-state index in [1.54, 1.807) is 6.92 Å². The van der Waals surface area contributed by atoms with Gasteiger partial charge in [-0.1, -0.05) is 24.3 Å². The molecule has 0 fully saturated rings. The Kier molecular flexibility index (Phi) is 5.30. The summed E-state index contributed by atoms with van der Waals surface area (Å²) in [7, 11) is 0. The molecule has 1 aromatic heterocycles. The molecular formula is C20H18FN3O3. The molecule has 2 aromatic carbocycles. The molecule has 1 heterocycles. The molecule has 138 valence electrons. The standard InChI is InChI=1S/C20H18FN3O3/c1-12-16(24-20(27-12)13-6-3-2-4-7-13)10-11-23-19(26)15-9-5-8-14(17(15)21)18(22)25/h2-9H,10-11H2,1H3,(H2,22,25)(H,23,26). The number of aryl methyl sites for hydroxylation is 1. The first-order chi connectivity index (χ1) is 13.0. The highest BCUT2D eigenvalue weighted by Crippen LogP contribution is 2.21. The molecule has 27 heavy (non-hydrogen) atoms. The number of nitrogens with zero attached hydrogens (tertiary/aromatic N) is 1. The molecule has 0 aliphatic carbocycles. The molecule has 3 rings (SSSR count). The number of hydrogen-bond donors (Lipinski definition) is 2. The third kappa shape index (κ3) is 4.03. The average molecular weight is 367 g/mol. The fourth-order valence-corrected chi connectivity index (χ4v) is 2.65. The minimum Gasteiger partial charge on any atom is -0.441 e. The maximum atomic E-state index is 14.2. The van der Waals surface area contributed by atoms with Crippen LogP contribution in [0.1, 0.15) is 32.2 Å². The van der Waals surface area contributed by atoms with Crippen molar-refractivity contribution in [1.29, 1.82) is 0 Å². The first-order valence-electron chi connectivity index (χ1n) is 8.35. The van der Waals surface area contributed by atoms with Gasteiger partial charge in [0.25, 0.3) is 11.8 Å². The number of nitrogens with one attached hydrogen (secondary N) is 1. The van der Waals surface area contributed by atoms with E-state index in [1.165, 1.54) is 18.2 Å². The summed E-state index contributed by atoms with van der Waals surface area (Å²) in [6.07, 6.45) is 0.422. The Bertz CT molecular complexity index is 983. The van der Waals surface area contributed by atoms with Gasteiger partial charge in [0.1, 0.15) is 11.6 Å².